The van der Waals surface area contributed by atoms with Gasteiger partial charge in [0, 0.05) is 32.0 Å². The number of ether oxygens (including phenoxy) is 1. The van der Waals surface area contributed by atoms with Gasteiger partial charge in [-0.2, -0.15) is 0 Å². The average Bonchev–Trinajstić information content (AvgIpc) is 2.72. The lowest BCUT2D eigenvalue weighted by atomic mass is 10.1. The van der Waals surface area contributed by atoms with Gasteiger partial charge >= 0.3 is 0 Å². The van der Waals surface area contributed by atoms with Crippen molar-refractivity contribution in [3.8, 4) is 0 Å². The van der Waals surface area contributed by atoms with Crippen LogP contribution in [0.1, 0.15) is 18.4 Å². The van der Waals surface area contributed by atoms with Gasteiger partial charge in [0.2, 0.25) is 0 Å². The molecule has 3 nitrogen and oxygen atoms in total. The fraction of sp³-hybridized carbons (Fsp3) is 0.500. The number of rotatable bonds is 2. The average molecular weight is 231 g/mol. The maximum atomic E-state index is 11.5. The third-order valence-corrected chi connectivity index (χ3v) is 3.70. The normalized spacial score (nSPS) is 29.3. The van der Waals surface area contributed by atoms with Gasteiger partial charge in [-0.1, -0.05) is 30.3 Å². The molecule has 90 valence electrons. The van der Waals surface area contributed by atoms with Gasteiger partial charge in [-0.3, -0.25) is 9.69 Å². The Morgan fingerprint density at radius 2 is 2.06 bits per heavy atom. The van der Waals surface area contributed by atoms with Crippen molar-refractivity contribution in [1.29, 1.82) is 0 Å². The molecule has 2 atom stereocenters. The zero-order chi connectivity index (χ0) is 11.7. The number of carbonyl (C=O) groups is 1. The predicted octanol–water partition coefficient (Wildman–Crippen LogP) is 1.62. The first-order chi connectivity index (χ1) is 8.33. The van der Waals surface area contributed by atoms with E-state index in [0.29, 0.717) is 24.7 Å². The molecular weight excluding hydrogens is 214 g/mol. The van der Waals surface area contributed by atoms with E-state index in [0.717, 1.165) is 19.7 Å². The van der Waals surface area contributed by atoms with Crippen molar-refractivity contribution in [2.45, 2.75) is 31.5 Å². The van der Waals surface area contributed by atoms with Crippen molar-refractivity contribution in [3.05, 3.63) is 35.9 Å². The van der Waals surface area contributed by atoms with E-state index in [1.807, 2.05) is 6.07 Å². The topological polar surface area (TPSA) is 29.5 Å². The fourth-order valence-electron chi connectivity index (χ4n) is 2.84. The van der Waals surface area contributed by atoms with Crippen LogP contribution in [-0.4, -0.2) is 36.0 Å². The van der Waals surface area contributed by atoms with Gasteiger partial charge in [-0.05, 0) is 5.56 Å². The summed E-state index contributed by atoms with van der Waals surface area (Å²) in [7, 11) is 0. The second-order valence-corrected chi connectivity index (χ2v) is 4.88. The summed E-state index contributed by atoms with van der Waals surface area (Å²) in [5, 5.41) is 0. The molecule has 17 heavy (non-hydrogen) atoms. The van der Waals surface area contributed by atoms with E-state index in [4.69, 9.17) is 4.74 Å². The molecule has 0 bridgehead atoms. The van der Waals surface area contributed by atoms with Crippen LogP contribution < -0.4 is 0 Å². The summed E-state index contributed by atoms with van der Waals surface area (Å²) in [4.78, 5) is 13.9. The van der Waals surface area contributed by atoms with E-state index in [1.165, 1.54) is 5.56 Å². The lowest BCUT2D eigenvalue weighted by Crippen LogP contribution is -2.47. The van der Waals surface area contributed by atoms with Crippen molar-refractivity contribution >= 4 is 5.78 Å². The Bertz CT molecular complexity index is 404. The van der Waals surface area contributed by atoms with Crippen LogP contribution in [-0.2, 0) is 16.1 Å². The van der Waals surface area contributed by atoms with Gasteiger partial charge in [-0.25, -0.2) is 0 Å². The van der Waals surface area contributed by atoms with Gasteiger partial charge < -0.3 is 4.74 Å². The Labute approximate surface area is 101 Å². The molecule has 1 saturated heterocycles. The number of hydrogen-bond donors (Lipinski definition) is 0. The molecule has 0 spiro atoms. The fourth-order valence-corrected chi connectivity index (χ4v) is 2.84. The predicted molar refractivity (Wildman–Crippen MR) is 64.6 cm³/mol. The molecule has 1 aromatic carbocycles. The minimum absolute atomic E-state index is 0.139. The molecule has 1 aliphatic heterocycles. The lowest BCUT2D eigenvalue weighted by Gasteiger charge is -2.37. The highest BCUT2D eigenvalue weighted by Gasteiger charge is 2.40. The van der Waals surface area contributed by atoms with Crippen LogP contribution in [0.3, 0.4) is 0 Å². The van der Waals surface area contributed by atoms with E-state index < -0.39 is 0 Å². The molecule has 2 unspecified atom stereocenters. The molecular formula is C14H17NO2. The van der Waals surface area contributed by atoms with Crippen molar-refractivity contribution < 1.29 is 9.53 Å². The molecule has 1 aromatic rings. The second-order valence-electron chi connectivity index (χ2n) is 4.88. The Morgan fingerprint density at radius 1 is 1.24 bits per heavy atom. The van der Waals surface area contributed by atoms with Gasteiger partial charge in [-0.15, -0.1) is 0 Å². The first kappa shape index (κ1) is 10.9. The van der Waals surface area contributed by atoms with Crippen LogP contribution >= 0.6 is 0 Å². The zero-order valence-electron chi connectivity index (χ0n) is 9.84. The summed E-state index contributed by atoms with van der Waals surface area (Å²) in [6.45, 7) is 2.61. The van der Waals surface area contributed by atoms with E-state index in [1.54, 1.807) is 0 Å². The Morgan fingerprint density at radius 3 is 2.88 bits per heavy atom. The summed E-state index contributed by atoms with van der Waals surface area (Å²) in [6.07, 6.45) is 1.41. The summed E-state index contributed by atoms with van der Waals surface area (Å²) in [6, 6.07) is 10.7. The van der Waals surface area contributed by atoms with Crippen LogP contribution in [0.2, 0.25) is 0 Å². The largest absolute Gasteiger partial charge is 0.375 e. The molecule has 0 amide bonds. The summed E-state index contributed by atoms with van der Waals surface area (Å²) in [5.41, 5.74) is 1.31. The zero-order valence-corrected chi connectivity index (χ0v) is 9.84. The van der Waals surface area contributed by atoms with Crippen molar-refractivity contribution in [1.82, 2.24) is 4.90 Å². The number of nitrogens with zero attached hydrogens (tertiary/aromatic N) is 1. The summed E-state index contributed by atoms with van der Waals surface area (Å²) >= 11 is 0. The molecule has 2 aliphatic rings. The molecule has 0 aromatic heterocycles. The highest BCUT2D eigenvalue weighted by atomic mass is 16.5. The Kier molecular flexibility index (Phi) is 2.95. The van der Waals surface area contributed by atoms with E-state index in [-0.39, 0.29) is 6.10 Å². The van der Waals surface area contributed by atoms with Crippen LogP contribution in [0, 0.1) is 0 Å². The van der Waals surface area contributed by atoms with Gasteiger partial charge in [0.05, 0.1) is 12.7 Å². The summed E-state index contributed by atoms with van der Waals surface area (Å²) < 4.78 is 5.68. The van der Waals surface area contributed by atoms with Gasteiger partial charge in [0.25, 0.3) is 0 Å². The molecule has 1 saturated carbocycles. The molecule has 0 radical (unpaired) electrons. The minimum Gasteiger partial charge on any atom is -0.375 e. The smallest absolute Gasteiger partial charge is 0.137 e. The molecule has 3 heteroatoms. The third-order valence-electron chi connectivity index (χ3n) is 3.70. The maximum absolute atomic E-state index is 11.5. The molecule has 2 fully saturated rings. The van der Waals surface area contributed by atoms with E-state index >= 15 is 0 Å². The van der Waals surface area contributed by atoms with Crippen molar-refractivity contribution in [3.63, 3.8) is 0 Å². The Hall–Kier alpha value is -1.19. The number of Topliss-reactive ketones (excluding diaryl/α,β-unsaturated/α-hetero) is 1. The van der Waals surface area contributed by atoms with Crippen LogP contribution in [0.4, 0.5) is 0 Å². The summed E-state index contributed by atoms with van der Waals surface area (Å²) in [5.74, 6) is 0.347. The van der Waals surface area contributed by atoms with Gasteiger partial charge in [0.15, 0.2) is 0 Å². The first-order valence-corrected chi connectivity index (χ1v) is 6.24. The molecule has 3 rings (SSSR count). The highest BCUT2D eigenvalue weighted by Crippen LogP contribution is 2.28. The third kappa shape index (κ3) is 2.26. The highest BCUT2D eigenvalue weighted by molar-refractivity contribution is 5.82. The SMILES string of the molecule is O=C1CC2OCCN(Cc3ccccc3)C2C1. The number of fused-ring (bicyclic) bond motifs is 1. The number of hydrogen-bond acceptors (Lipinski definition) is 3. The van der Waals surface area contributed by atoms with Crippen LogP contribution in [0.15, 0.2) is 30.3 Å². The number of ketones is 1. The number of morpholine rings is 1. The minimum atomic E-state index is 0.139. The lowest BCUT2D eigenvalue weighted by molar-refractivity contribution is -0.118. The molecule has 1 heterocycles. The van der Waals surface area contributed by atoms with Crippen molar-refractivity contribution in [2.24, 2.45) is 0 Å². The second kappa shape index (κ2) is 4.59. The van der Waals surface area contributed by atoms with E-state index in [9.17, 15) is 4.79 Å². The van der Waals surface area contributed by atoms with E-state index in [2.05, 4.69) is 29.2 Å². The standard InChI is InChI=1S/C14H17NO2/c16-12-8-13-14(9-12)17-7-6-15(13)10-11-4-2-1-3-5-11/h1-5,13-14H,6-10H2. The Balaban J connectivity index is 1.72. The number of benzene rings is 1. The monoisotopic (exact) mass is 231 g/mol. The van der Waals surface area contributed by atoms with Crippen LogP contribution in [0.5, 0.6) is 0 Å². The molecule has 1 aliphatic carbocycles. The molecule has 0 N–H and O–H groups in total. The van der Waals surface area contributed by atoms with Crippen molar-refractivity contribution in [2.75, 3.05) is 13.2 Å². The first-order valence-electron chi connectivity index (χ1n) is 6.24. The number of carbonyl (C=O) groups excluding carboxylic acids is 1. The van der Waals surface area contributed by atoms with Gasteiger partial charge in [0.1, 0.15) is 5.78 Å². The van der Waals surface area contributed by atoms with Crippen LogP contribution in [0.25, 0.3) is 0 Å². The quantitative estimate of drug-likeness (QED) is 0.774. The maximum Gasteiger partial charge on any atom is 0.137 e.